The van der Waals surface area contributed by atoms with Crippen LogP contribution in [-0.4, -0.2) is 34.9 Å². The van der Waals surface area contributed by atoms with Crippen molar-refractivity contribution in [2.24, 2.45) is 11.1 Å². The maximum atomic E-state index is 12.8. The highest BCUT2D eigenvalue weighted by atomic mass is 32.1. The predicted molar refractivity (Wildman–Crippen MR) is 94.6 cm³/mol. The molecule has 1 amide bonds. The summed E-state index contributed by atoms with van der Waals surface area (Å²) in [6.07, 6.45) is 0.841. The van der Waals surface area contributed by atoms with Crippen molar-refractivity contribution in [1.82, 2.24) is 9.88 Å². The molecule has 0 bridgehead atoms. The molecule has 1 aliphatic heterocycles. The molecule has 0 saturated carbocycles. The van der Waals surface area contributed by atoms with Gasteiger partial charge in [0.1, 0.15) is 10.7 Å². The van der Waals surface area contributed by atoms with Crippen molar-refractivity contribution in [3.8, 4) is 10.6 Å². The van der Waals surface area contributed by atoms with Gasteiger partial charge in [-0.15, -0.1) is 11.3 Å². The molecule has 1 aromatic carbocycles. The van der Waals surface area contributed by atoms with Gasteiger partial charge in [-0.05, 0) is 24.3 Å². The topological polar surface area (TPSA) is 59.2 Å². The van der Waals surface area contributed by atoms with Crippen molar-refractivity contribution in [1.29, 1.82) is 0 Å². The molecular weight excluding hydrogens is 306 g/mol. The average Bonchev–Trinajstić information content (AvgIpc) is 2.99. The number of carbonyl (C=O) groups excluding carboxylic acids is 1. The average molecular weight is 329 g/mol. The molecule has 122 valence electrons. The summed E-state index contributed by atoms with van der Waals surface area (Å²) in [6, 6.07) is 8.26. The lowest BCUT2D eigenvalue weighted by Gasteiger charge is -2.42. The molecule has 1 aromatic heterocycles. The second kappa shape index (κ2) is 6.06. The number of rotatable bonds is 2. The van der Waals surface area contributed by atoms with Gasteiger partial charge in [-0.2, -0.15) is 0 Å². The first-order valence-corrected chi connectivity index (χ1v) is 8.83. The molecule has 0 radical (unpaired) electrons. The van der Waals surface area contributed by atoms with Crippen molar-refractivity contribution in [3.63, 3.8) is 0 Å². The Kier molecular flexibility index (Phi) is 4.25. The number of aromatic nitrogens is 1. The molecule has 2 N–H and O–H groups in total. The van der Waals surface area contributed by atoms with Crippen LogP contribution in [0.15, 0.2) is 29.6 Å². The van der Waals surface area contributed by atoms with Crippen LogP contribution in [0.3, 0.4) is 0 Å². The fraction of sp³-hybridized carbons (Fsp3) is 0.444. The van der Waals surface area contributed by atoms with Crippen molar-refractivity contribution in [2.45, 2.75) is 33.2 Å². The molecule has 1 fully saturated rings. The van der Waals surface area contributed by atoms with Gasteiger partial charge in [-0.3, -0.25) is 4.79 Å². The van der Waals surface area contributed by atoms with Gasteiger partial charge in [-0.1, -0.05) is 38.1 Å². The van der Waals surface area contributed by atoms with Crippen LogP contribution in [0, 0.1) is 12.3 Å². The zero-order valence-electron chi connectivity index (χ0n) is 13.9. The summed E-state index contributed by atoms with van der Waals surface area (Å²) in [7, 11) is 0. The smallest absolute Gasteiger partial charge is 0.273 e. The van der Waals surface area contributed by atoms with E-state index >= 15 is 0 Å². The molecule has 1 saturated heterocycles. The number of aryl methyl sites for hydroxylation is 1. The Bertz CT molecular complexity index is 723. The lowest BCUT2D eigenvalue weighted by atomic mass is 9.79. The van der Waals surface area contributed by atoms with E-state index in [-0.39, 0.29) is 17.4 Å². The van der Waals surface area contributed by atoms with E-state index in [1.807, 2.05) is 28.5 Å². The third-order valence-electron chi connectivity index (χ3n) is 4.70. The summed E-state index contributed by atoms with van der Waals surface area (Å²) < 4.78 is 0. The van der Waals surface area contributed by atoms with E-state index in [1.165, 1.54) is 16.9 Å². The number of nitrogens with zero attached hydrogens (tertiary/aromatic N) is 2. The first kappa shape index (κ1) is 16.1. The maximum absolute atomic E-state index is 12.8. The van der Waals surface area contributed by atoms with Crippen LogP contribution in [0.4, 0.5) is 0 Å². The van der Waals surface area contributed by atoms with Crippen LogP contribution < -0.4 is 5.73 Å². The number of hydrogen-bond donors (Lipinski definition) is 1. The molecule has 2 aromatic rings. The number of piperidine rings is 1. The number of nitrogens with two attached hydrogens (primary N) is 1. The summed E-state index contributed by atoms with van der Waals surface area (Å²) in [5.74, 6) is 0.0149. The van der Waals surface area contributed by atoms with Gasteiger partial charge in [0.25, 0.3) is 5.91 Å². The van der Waals surface area contributed by atoms with E-state index in [2.05, 4.69) is 31.8 Å². The van der Waals surface area contributed by atoms with Gasteiger partial charge in [0, 0.05) is 30.1 Å². The van der Waals surface area contributed by atoms with Crippen molar-refractivity contribution in [2.75, 3.05) is 13.1 Å². The summed E-state index contributed by atoms with van der Waals surface area (Å²) in [4.78, 5) is 19.2. The fourth-order valence-corrected chi connectivity index (χ4v) is 3.90. The second-order valence-electron chi connectivity index (χ2n) is 6.96. The van der Waals surface area contributed by atoms with Gasteiger partial charge in [0.2, 0.25) is 0 Å². The zero-order chi connectivity index (χ0) is 16.6. The van der Waals surface area contributed by atoms with Crippen LogP contribution in [-0.2, 0) is 0 Å². The Hall–Kier alpha value is -1.72. The van der Waals surface area contributed by atoms with Crippen molar-refractivity contribution < 1.29 is 4.79 Å². The van der Waals surface area contributed by atoms with E-state index < -0.39 is 0 Å². The fourth-order valence-electron chi connectivity index (χ4n) is 3.02. The lowest BCUT2D eigenvalue weighted by molar-refractivity contribution is 0.0528. The van der Waals surface area contributed by atoms with Gasteiger partial charge in [-0.25, -0.2) is 4.98 Å². The molecule has 5 heteroatoms. The van der Waals surface area contributed by atoms with E-state index in [4.69, 9.17) is 5.73 Å². The third-order valence-corrected chi connectivity index (χ3v) is 5.57. The molecule has 2 heterocycles. The highest BCUT2D eigenvalue weighted by Gasteiger charge is 2.36. The lowest BCUT2D eigenvalue weighted by Crippen LogP contribution is -2.54. The molecule has 1 atom stereocenters. The number of thiazole rings is 1. The monoisotopic (exact) mass is 329 g/mol. The van der Waals surface area contributed by atoms with Crippen LogP contribution in [0.1, 0.15) is 36.3 Å². The number of benzene rings is 1. The summed E-state index contributed by atoms with van der Waals surface area (Å²) in [5.41, 5.74) is 8.91. The SMILES string of the molecule is Cc1ccccc1-c1nc(C(=O)N2CCC(N)C(C)(C)C2)cs1. The maximum Gasteiger partial charge on any atom is 0.273 e. The largest absolute Gasteiger partial charge is 0.337 e. The van der Waals surface area contributed by atoms with E-state index in [1.54, 1.807) is 0 Å². The summed E-state index contributed by atoms with van der Waals surface area (Å²) in [5, 5.41) is 2.77. The van der Waals surface area contributed by atoms with Crippen LogP contribution in [0.25, 0.3) is 10.6 Å². The van der Waals surface area contributed by atoms with Crippen molar-refractivity contribution in [3.05, 3.63) is 40.9 Å². The molecular formula is C18H23N3OS. The third kappa shape index (κ3) is 3.16. The Morgan fingerprint density at radius 3 is 2.83 bits per heavy atom. The predicted octanol–water partition coefficient (Wildman–Crippen LogP) is 3.32. The molecule has 3 rings (SSSR count). The molecule has 1 aliphatic rings. The molecule has 4 nitrogen and oxygen atoms in total. The van der Waals surface area contributed by atoms with Crippen LogP contribution in [0.2, 0.25) is 0 Å². The van der Waals surface area contributed by atoms with Gasteiger partial charge in [0.15, 0.2) is 0 Å². The Labute approximate surface area is 141 Å². The zero-order valence-corrected chi connectivity index (χ0v) is 14.7. The number of amides is 1. The second-order valence-corrected chi connectivity index (χ2v) is 7.82. The molecule has 0 spiro atoms. The number of hydrogen-bond acceptors (Lipinski definition) is 4. The number of likely N-dealkylation sites (tertiary alicyclic amines) is 1. The highest BCUT2D eigenvalue weighted by molar-refractivity contribution is 7.13. The first-order valence-electron chi connectivity index (χ1n) is 7.95. The molecule has 23 heavy (non-hydrogen) atoms. The van der Waals surface area contributed by atoms with E-state index in [0.29, 0.717) is 18.8 Å². The minimum Gasteiger partial charge on any atom is -0.337 e. The molecule has 0 aliphatic carbocycles. The Balaban J connectivity index is 1.81. The quantitative estimate of drug-likeness (QED) is 0.919. The molecule has 1 unspecified atom stereocenters. The summed E-state index contributed by atoms with van der Waals surface area (Å²) in [6.45, 7) is 7.70. The van der Waals surface area contributed by atoms with Crippen molar-refractivity contribution >= 4 is 17.2 Å². The van der Waals surface area contributed by atoms with Gasteiger partial charge in [0.05, 0.1) is 0 Å². The van der Waals surface area contributed by atoms with Gasteiger partial charge >= 0.3 is 0 Å². The Morgan fingerprint density at radius 2 is 2.13 bits per heavy atom. The number of carbonyl (C=O) groups is 1. The van der Waals surface area contributed by atoms with Crippen LogP contribution in [0.5, 0.6) is 0 Å². The normalized spacial score (nSPS) is 20.5. The minimum atomic E-state index is -0.0528. The summed E-state index contributed by atoms with van der Waals surface area (Å²) >= 11 is 1.53. The van der Waals surface area contributed by atoms with E-state index in [9.17, 15) is 4.79 Å². The van der Waals surface area contributed by atoms with Gasteiger partial charge < -0.3 is 10.6 Å². The van der Waals surface area contributed by atoms with Crippen LogP contribution >= 0.6 is 11.3 Å². The first-order chi connectivity index (χ1) is 10.9. The highest BCUT2D eigenvalue weighted by Crippen LogP contribution is 2.30. The standard InChI is InChI=1S/C18H23N3OS/c1-12-6-4-5-7-13(12)16-20-14(10-23-16)17(22)21-9-8-15(19)18(2,3)11-21/h4-7,10,15H,8-9,11,19H2,1-3H3. The Morgan fingerprint density at radius 1 is 1.39 bits per heavy atom. The minimum absolute atomic E-state index is 0.0149. The van der Waals surface area contributed by atoms with E-state index in [0.717, 1.165) is 17.0 Å².